The number of aliphatic hydroxyl groups is 1. The summed E-state index contributed by atoms with van der Waals surface area (Å²) in [4.78, 5) is 0. The van der Waals surface area contributed by atoms with E-state index >= 15 is 0 Å². The maximum atomic E-state index is 13.0. The largest absolute Gasteiger partial charge is 0.383 e. The van der Waals surface area contributed by atoms with Crippen molar-refractivity contribution in [3.05, 3.63) is 35.6 Å². The molecule has 2 nitrogen and oxygen atoms in total. The highest BCUT2D eigenvalue weighted by atomic mass is 19.1. The number of halogens is 1. The Labute approximate surface area is 89.7 Å². The Morgan fingerprint density at radius 1 is 1.40 bits per heavy atom. The molecule has 1 aromatic rings. The molecule has 0 bridgehead atoms. The second-order valence-electron chi connectivity index (χ2n) is 3.53. The minimum Gasteiger partial charge on any atom is -0.383 e. The molecule has 1 N–H and O–H groups in total. The molecule has 1 aromatic carbocycles. The SMILES string of the molecule is CCOCC(O)(CC)c1cccc(F)c1. The first-order chi connectivity index (χ1) is 7.12. The molecule has 0 spiro atoms. The molecule has 1 rings (SSSR count). The number of ether oxygens (including phenoxy) is 1. The molecule has 0 fully saturated rings. The lowest BCUT2D eigenvalue weighted by molar-refractivity contribution is -0.0508. The molecule has 0 heterocycles. The van der Waals surface area contributed by atoms with E-state index in [1.807, 2.05) is 13.8 Å². The quantitative estimate of drug-likeness (QED) is 0.812. The molecular weight excluding hydrogens is 195 g/mol. The maximum Gasteiger partial charge on any atom is 0.123 e. The Morgan fingerprint density at radius 3 is 2.67 bits per heavy atom. The van der Waals surface area contributed by atoms with Gasteiger partial charge in [0.2, 0.25) is 0 Å². The summed E-state index contributed by atoms with van der Waals surface area (Å²) < 4.78 is 18.2. The highest BCUT2D eigenvalue weighted by Crippen LogP contribution is 2.25. The Kier molecular flexibility index (Phi) is 4.24. The second-order valence-corrected chi connectivity index (χ2v) is 3.53. The molecule has 15 heavy (non-hydrogen) atoms. The Morgan fingerprint density at radius 2 is 2.13 bits per heavy atom. The molecule has 84 valence electrons. The lowest BCUT2D eigenvalue weighted by atomic mass is 9.92. The van der Waals surface area contributed by atoms with Crippen LogP contribution in [-0.4, -0.2) is 18.3 Å². The summed E-state index contributed by atoms with van der Waals surface area (Å²) in [6, 6.07) is 6.02. The number of rotatable bonds is 5. The topological polar surface area (TPSA) is 29.5 Å². The normalized spacial score (nSPS) is 14.9. The third kappa shape index (κ3) is 3.01. The molecule has 0 aliphatic rings. The van der Waals surface area contributed by atoms with Crippen molar-refractivity contribution in [2.45, 2.75) is 25.9 Å². The predicted molar refractivity (Wildman–Crippen MR) is 57.1 cm³/mol. The van der Waals surface area contributed by atoms with E-state index in [4.69, 9.17) is 4.74 Å². The summed E-state index contributed by atoms with van der Waals surface area (Å²) in [5.41, 5.74) is -0.517. The van der Waals surface area contributed by atoms with E-state index in [9.17, 15) is 9.50 Å². The molecule has 0 amide bonds. The van der Waals surface area contributed by atoms with Gasteiger partial charge >= 0.3 is 0 Å². The fraction of sp³-hybridized carbons (Fsp3) is 0.500. The summed E-state index contributed by atoms with van der Waals surface area (Å²) >= 11 is 0. The van der Waals surface area contributed by atoms with Crippen molar-refractivity contribution in [2.24, 2.45) is 0 Å². The molecule has 3 heteroatoms. The Balaban J connectivity index is 2.89. The van der Waals surface area contributed by atoms with Crippen LogP contribution in [0.25, 0.3) is 0 Å². The van der Waals surface area contributed by atoms with Gasteiger partial charge in [0.05, 0.1) is 6.61 Å². The smallest absolute Gasteiger partial charge is 0.123 e. The zero-order valence-electron chi connectivity index (χ0n) is 9.16. The van der Waals surface area contributed by atoms with Gasteiger partial charge in [-0.05, 0) is 31.0 Å². The number of benzene rings is 1. The van der Waals surface area contributed by atoms with E-state index in [1.54, 1.807) is 12.1 Å². The Hall–Kier alpha value is -0.930. The minimum atomic E-state index is -1.09. The van der Waals surface area contributed by atoms with Crippen molar-refractivity contribution in [2.75, 3.05) is 13.2 Å². The van der Waals surface area contributed by atoms with Gasteiger partial charge in [0.1, 0.15) is 11.4 Å². The van der Waals surface area contributed by atoms with Crippen LogP contribution in [0, 0.1) is 5.82 Å². The third-order valence-electron chi connectivity index (χ3n) is 2.49. The van der Waals surface area contributed by atoms with Crippen molar-refractivity contribution in [3.8, 4) is 0 Å². The zero-order valence-corrected chi connectivity index (χ0v) is 9.16. The first kappa shape index (κ1) is 12.1. The van der Waals surface area contributed by atoms with E-state index in [0.717, 1.165) is 0 Å². The van der Waals surface area contributed by atoms with E-state index in [0.29, 0.717) is 18.6 Å². The number of hydrogen-bond acceptors (Lipinski definition) is 2. The van der Waals surface area contributed by atoms with Gasteiger partial charge in [-0.15, -0.1) is 0 Å². The predicted octanol–water partition coefficient (Wildman–Crippen LogP) is 2.46. The summed E-state index contributed by atoms with van der Waals surface area (Å²) in [5.74, 6) is -0.337. The average molecular weight is 212 g/mol. The standard InChI is InChI=1S/C12H17FO2/c1-3-12(14,9-15-4-2)10-6-5-7-11(13)8-10/h5-8,14H,3-4,9H2,1-2H3. The Bertz CT molecular complexity index is 314. The van der Waals surface area contributed by atoms with Crippen molar-refractivity contribution < 1.29 is 14.2 Å². The molecule has 0 aromatic heterocycles. The van der Waals surface area contributed by atoms with Crippen LogP contribution in [-0.2, 0) is 10.3 Å². The minimum absolute atomic E-state index is 0.198. The molecule has 1 atom stereocenters. The van der Waals surface area contributed by atoms with E-state index in [2.05, 4.69) is 0 Å². The van der Waals surface area contributed by atoms with E-state index in [1.165, 1.54) is 12.1 Å². The van der Waals surface area contributed by atoms with Gasteiger partial charge in [0.15, 0.2) is 0 Å². The van der Waals surface area contributed by atoms with Crippen molar-refractivity contribution in [3.63, 3.8) is 0 Å². The van der Waals surface area contributed by atoms with Crippen LogP contribution in [0.1, 0.15) is 25.8 Å². The molecule has 0 radical (unpaired) electrons. The van der Waals surface area contributed by atoms with Gasteiger partial charge < -0.3 is 9.84 Å². The van der Waals surface area contributed by atoms with E-state index in [-0.39, 0.29) is 12.4 Å². The monoisotopic (exact) mass is 212 g/mol. The summed E-state index contributed by atoms with van der Waals surface area (Å²) in [6.07, 6.45) is 0.496. The van der Waals surface area contributed by atoms with Crippen LogP contribution in [0.15, 0.2) is 24.3 Å². The number of hydrogen-bond donors (Lipinski definition) is 1. The van der Waals surface area contributed by atoms with Crippen LogP contribution in [0.4, 0.5) is 4.39 Å². The summed E-state index contributed by atoms with van der Waals surface area (Å²) in [5, 5.41) is 10.3. The van der Waals surface area contributed by atoms with E-state index < -0.39 is 5.60 Å². The lowest BCUT2D eigenvalue weighted by Gasteiger charge is -2.26. The van der Waals surface area contributed by atoms with Crippen molar-refractivity contribution in [1.82, 2.24) is 0 Å². The fourth-order valence-corrected chi connectivity index (χ4v) is 1.44. The van der Waals surface area contributed by atoms with Crippen LogP contribution < -0.4 is 0 Å². The van der Waals surface area contributed by atoms with Gasteiger partial charge in [0, 0.05) is 6.61 Å². The van der Waals surface area contributed by atoms with Gasteiger partial charge in [0.25, 0.3) is 0 Å². The summed E-state index contributed by atoms with van der Waals surface area (Å²) in [6.45, 7) is 4.45. The molecule has 0 aliphatic carbocycles. The van der Waals surface area contributed by atoms with Gasteiger partial charge in [-0.3, -0.25) is 0 Å². The molecular formula is C12H17FO2. The maximum absolute atomic E-state index is 13.0. The highest BCUT2D eigenvalue weighted by molar-refractivity contribution is 5.23. The molecule has 0 saturated carbocycles. The summed E-state index contributed by atoms with van der Waals surface area (Å²) in [7, 11) is 0. The molecule has 1 unspecified atom stereocenters. The second kappa shape index (κ2) is 5.24. The van der Waals surface area contributed by atoms with Crippen LogP contribution >= 0.6 is 0 Å². The van der Waals surface area contributed by atoms with Gasteiger partial charge in [-0.2, -0.15) is 0 Å². The average Bonchev–Trinajstić information content (AvgIpc) is 2.26. The first-order valence-electron chi connectivity index (χ1n) is 5.18. The van der Waals surface area contributed by atoms with Crippen LogP contribution in [0.3, 0.4) is 0 Å². The van der Waals surface area contributed by atoms with Gasteiger partial charge in [-0.1, -0.05) is 19.1 Å². The zero-order chi connectivity index (χ0) is 11.3. The lowest BCUT2D eigenvalue weighted by Crippen LogP contribution is -2.31. The molecule has 0 saturated heterocycles. The van der Waals surface area contributed by atoms with Gasteiger partial charge in [-0.25, -0.2) is 4.39 Å². The van der Waals surface area contributed by atoms with Crippen molar-refractivity contribution in [1.29, 1.82) is 0 Å². The van der Waals surface area contributed by atoms with Crippen LogP contribution in [0.5, 0.6) is 0 Å². The third-order valence-corrected chi connectivity index (χ3v) is 2.49. The highest BCUT2D eigenvalue weighted by Gasteiger charge is 2.27. The van der Waals surface area contributed by atoms with Crippen LogP contribution in [0.2, 0.25) is 0 Å². The first-order valence-corrected chi connectivity index (χ1v) is 5.18. The molecule has 0 aliphatic heterocycles. The fourth-order valence-electron chi connectivity index (χ4n) is 1.44. The van der Waals surface area contributed by atoms with Crippen molar-refractivity contribution >= 4 is 0 Å².